The molecule has 2 N–H and O–H groups in total. The second kappa shape index (κ2) is 8.15. The van der Waals surface area contributed by atoms with Gasteiger partial charge in [-0.3, -0.25) is 9.59 Å². The number of carbonyl (C=O) groups excluding carboxylic acids is 2. The quantitative estimate of drug-likeness (QED) is 0.857. The molecule has 2 aromatic carbocycles. The van der Waals surface area contributed by atoms with Gasteiger partial charge in [0.25, 0.3) is 5.91 Å². The van der Waals surface area contributed by atoms with Crippen LogP contribution < -0.4 is 15.4 Å². The molecule has 5 nitrogen and oxygen atoms in total. The molecule has 0 bridgehead atoms. The third kappa shape index (κ3) is 5.12. The van der Waals surface area contributed by atoms with Crippen LogP contribution in [-0.4, -0.2) is 25.0 Å². The van der Waals surface area contributed by atoms with Crippen LogP contribution in [0.3, 0.4) is 0 Å². The molecular weight excluding hydrogens is 304 g/mol. The van der Waals surface area contributed by atoms with Crippen molar-refractivity contribution in [2.45, 2.75) is 26.3 Å². The van der Waals surface area contributed by atoms with Crippen molar-refractivity contribution in [3.8, 4) is 5.75 Å². The van der Waals surface area contributed by atoms with E-state index in [2.05, 4.69) is 10.6 Å². The Hall–Kier alpha value is -2.82. The van der Waals surface area contributed by atoms with Gasteiger partial charge in [-0.25, -0.2) is 0 Å². The number of hydrogen-bond acceptors (Lipinski definition) is 3. The van der Waals surface area contributed by atoms with Crippen LogP contribution in [0.15, 0.2) is 48.5 Å². The first-order chi connectivity index (χ1) is 11.5. The lowest BCUT2D eigenvalue weighted by molar-refractivity contribution is -0.115. The van der Waals surface area contributed by atoms with Crippen LogP contribution in [-0.2, 0) is 11.2 Å². The Morgan fingerprint density at radius 1 is 1.08 bits per heavy atom. The Morgan fingerprint density at radius 2 is 1.79 bits per heavy atom. The molecule has 0 fully saturated rings. The van der Waals surface area contributed by atoms with Crippen molar-refractivity contribution in [3.63, 3.8) is 0 Å². The van der Waals surface area contributed by atoms with Crippen molar-refractivity contribution in [3.05, 3.63) is 59.7 Å². The first-order valence-electron chi connectivity index (χ1n) is 7.81. The van der Waals surface area contributed by atoms with Gasteiger partial charge in [-0.15, -0.1) is 0 Å². The summed E-state index contributed by atoms with van der Waals surface area (Å²) in [6.07, 6.45) is 0.257. The number of rotatable bonds is 6. The molecule has 0 heterocycles. The van der Waals surface area contributed by atoms with E-state index in [1.165, 1.54) is 0 Å². The summed E-state index contributed by atoms with van der Waals surface area (Å²) in [5.41, 5.74) is 2.10. The van der Waals surface area contributed by atoms with Gasteiger partial charge in [-0.05, 0) is 55.8 Å². The molecule has 0 aromatic heterocycles. The minimum Gasteiger partial charge on any atom is -0.497 e. The van der Waals surface area contributed by atoms with Crippen LogP contribution in [0.25, 0.3) is 0 Å². The van der Waals surface area contributed by atoms with Gasteiger partial charge < -0.3 is 15.4 Å². The van der Waals surface area contributed by atoms with Gasteiger partial charge in [0.05, 0.1) is 13.5 Å². The molecule has 5 heteroatoms. The minimum atomic E-state index is -0.126. The maximum Gasteiger partial charge on any atom is 0.251 e. The number of carbonyl (C=O) groups is 2. The highest BCUT2D eigenvalue weighted by Crippen LogP contribution is 2.14. The highest BCUT2D eigenvalue weighted by atomic mass is 16.5. The Balaban J connectivity index is 1.95. The minimum absolute atomic E-state index is 0.0831. The Bertz CT molecular complexity index is 709. The SMILES string of the molecule is COc1cccc(CC(=O)Nc2ccc(C(=O)NC(C)C)cc2)c1. The van der Waals surface area contributed by atoms with E-state index >= 15 is 0 Å². The summed E-state index contributed by atoms with van der Waals surface area (Å²) < 4.78 is 5.15. The van der Waals surface area contributed by atoms with E-state index in [1.807, 2.05) is 38.1 Å². The molecule has 126 valence electrons. The third-order valence-corrected chi connectivity index (χ3v) is 3.35. The molecule has 0 aliphatic carbocycles. The van der Waals surface area contributed by atoms with Gasteiger partial charge in [0, 0.05) is 17.3 Å². The topological polar surface area (TPSA) is 67.4 Å². The number of benzene rings is 2. The first-order valence-corrected chi connectivity index (χ1v) is 7.81. The molecule has 0 saturated heterocycles. The lowest BCUT2D eigenvalue weighted by Crippen LogP contribution is -2.30. The van der Waals surface area contributed by atoms with Crippen molar-refractivity contribution < 1.29 is 14.3 Å². The fourth-order valence-corrected chi connectivity index (χ4v) is 2.22. The van der Waals surface area contributed by atoms with E-state index in [9.17, 15) is 9.59 Å². The number of amides is 2. The molecule has 24 heavy (non-hydrogen) atoms. The van der Waals surface area contributed by atoms with E-state index < -0.39 is 0 Å². The van der Waals surface area contributed by atoms with Crippen LogP contribution in [0, 0.1) is 0 Å². The number of hydrogen-bond donors (Lipinski definition) is 2. The fourth-order valence-electron chi connectivity index (χ4n) is 2.22. The van der Waals surface area contributed by atoms with Crippen molar-refractivity contribution in [2.24, 2.45) is 0 Å². The van der Waals surface area contributed by atoms with Gasteiger partial charge >= 0.3 is 0 Å². The van der Waals surface area contributed by atoms with Gasteiger partial charge in [0.15, 0.2) is 0 Å². The van der Waals surface area contributed by atoms with Crippen LogP contribution in [0.4, 0.5) is 5.69 Å². The zero-order valence-electron chi connectivity index (χ0n) is 14.1. The highest BCUT2D eigenvalue weighted by molar-refractivity contribution is 5.96. The summed E-state index contributed by atoms with van der Waals surface area (Å²) in [6, 6.07) is 14.3. The van der Waals surface area contributed by atoms with Crippen molar-refractivity contribution in [1.29, 1.82) is 0 Å². The monoisotopic (exact) mass is 326 g/mol. The standard InChI is InChI=1S/C19H22N2O3/c1-13(2)20-19(23)15-7-9-16(10-8-15)21-18(22)12-14-5-4-6-17(11-14)24-3/h4-11,13H,12H2,1-3H3,(H,20,23)(H,21,22). The Kier molecular flexibility index (Phi) is 5.95. The van der Waals surface area contributed by atoms with Crippen molar-refractivity contribution in [2.75, 3.05) is 12.4 Å². The second-order valence-corrected chi connectivity index (χ2v) is 5.78. The van der Waals surface area contributed by atoms with E-state index in [1.54, 1.807) is 31.4 Å². The second-order valence-electron chi connectivity index (χ2n) is 5.78. The van der Waals surface area contributed by atoms with Crippen molar-refractivity contribution in [1.82, 2.24) is 5.32 Å². The number of methoxy groups -OCH3 is 1. The average molecular weight is 326 g/mol. The predicted molar refractivity (Wildman–Crippen MR) is 94.4 cm³/mol. The molecule has 0 saturated carbocycles. The largest absolute Gasteiger partial charge is 0.497 e. The summed E-state index contributed by atoms with van der Waals surface area (Å²) in [5, 5.41) is 5.65. The van der Waals surface area contributed by atoms with Gasteiger partial charge in [-0.1, -0.05) is 12.1 Å². The fraction of sp³-hybridized carbons (Fsp3) is 0.263. The normalized spacial score (nSPS) is 10.3. The molecule has 0 unspecified atom stereocenters. The maximum absolute atomic E-state index is 12.1. The summed E-state index contributed by atoms with van der Waals surface area (Å²) in [4.78, 5) is 24.0. The zero-order valence-corrected chi connectivity index (χ0v) is 14.1. The number of anilines is 1. The highest BCUT2D eigenvalue weighted by Gasteiger charge is 2.08. The van der Waals surface area contributed by atoms with Crippen LogP contribution in [0.1, 0.15) is 29.8 Å². The molecule has 2 aromatic rings. The number of nitrogens with one attached hydrogen (secondary N) is 2. The van der Waals surface area contributed by atoms with Crippen molar-refractivity contribution >= 4 is 17.5 Å². The molecular formula is C19H22N2O3. The van der Waals surface area contributed by atoms with Gasteiger partial charge in [0.2, 0.25) is 5.91 Å². The molecule has 0 radical (unpaired) electrons. The predicted octanol–water partition coefficient (Wildman–Crippen LogP) is 3.01. The molecule has 0 atom stereocenters. The Morgan fingerprint density at radius 3 is 2.42 bits per heavy atom. The first kappa shape index (κ1) is 17.5. The maximum atomic E-state index is 12.1. The Labute approximate surface area is 142 Å². The molecule has 0 aliphatic rings. The zero-order chi connectivity index (χ0) is 17.5. The lowest BCUT2D eigenvalue weighted by Gasteiger charge is -2.10. The van der Waals surface area contributed by atoms with Crippen LogP contribution >= 0.6 is 0 Å². The summed E-state index contributed by atoms with van der Waals surface area (Å²) >= 11 is 0. The average Bonchev–Trinajstić information content (AvgIpc) is 2.55. The summed E-state index contributed by atoms with van der Waals surface area (Å²) in [5.74, 6) is 0.475. The third-order valence-electron chi connectivity index (χ3n) is 3.35. The molecule has 2 rings (SSSR count). The smallest absolute Gasteiger partial charge is 0.251 e. The van der Waals surface area contributed by atoms with E-state index in [4.69, 9.17) is 4.74 Å². The lowest BCUT2D eigenvalue weighted by atomic mass is 10.1. The van der Waals surface area contributed by atoms with E-state index in [0.29, 0.717) is 11.3 Å². The molecule has 2 amide bonds. The summed E-state index contributed by atoms with van der Waals surface area (Å²) in [6.45, 7) is 3.82. The van der Waals surface area contributed by atoms with E-state index in [-0.39, 0.29) is 24.3 Å². The molecule has 0 spiro atoms. The van der Waals surface area contributed by atoms with Crippen LogP contribution in [0.5, 0.6) is 5.75 Å². The van der Waals surface area contributed by atoms with Crippen LogP contribution in [0.2, 0.25) is 0 Å². The van der Waals surface area contributed by atoms with E-state index in [0.717, 1.165) is 11.3 Å². The van der Waals surface area contributed by atoms with Gasteiger partial charge in [-0.2, -0.15) is 0 Å². The summed E-state index contributed by atoms with van der Waals surface area (Å²) in [7, 11) is 1.59. The van der Waals surface area contributed by atoms with Gasteiger partial charge in [0.1, 0.15) is 5.75 Å². The molecule has 0 aliphatic heterocycles. The number of ether oxygens (including phenoxy) is 1.